The molecule has 128 valence electrons. The number of hydrogen-bond acceptors (Lipinski definition) is 3. The van der Waals surface area contributed by atoms with Crippen LogP contribution in [0.15, 0.2) is 48.5 Å². The number of nitrogens with two attached hydrogens (primary N) is 1. The molecule has 0 fully saturated rings. The van der Waals surface area contributed by atoms with Crippen LogP contribution in [-0.4, -0.2) is 37.0 Å². The first-order valence-electron chi connectivity index (χ1n) is 8.11. The van der Waals surface area contributed by atoms with E-state index in [0.29, 0.717) is 24.3 Å². The monoisotopic (exact) mass is 329 g/mol. The molecule has 0 aliphatic carbocycles. The minimum atomic E-state index is -0.323. The standard InChI is InChI=1S/C19H24FN3O/c1-15-7-8-17(13-18(15)20)22-19(24)14-23(12-10-21)11-9-16-5-3-2-4-6-16/h2-8,13H,9-12,14,21H2,1H3,(H,22,24). The summed E-state index contributed by atoms with van der Waals surface area (Å²) in [5, 5.41) is 2.74. The average molecular weight is 329 g/mol. The van der Waals surface area contributed by atoms with Crippen LogP contribution in [0.2, 0.25) is 0 Å². The van der Waals surface area contributed by atoms with E-state index < -0.39 is 0 Å². The summed E-state index contributed by atoms with van der Waals surface area (Å²) in [5.74, 6) is -0.490. The zero-order valence-corrected chi connectivity index (χ0v) is 14.0. The number of carbonyl (C=O) groups is 1. The van der Waals surface area contributed by atoms with Crippen molar-refractivity contribution in [2.45, 2.75) is 13.3 Å². The highest BCUT2D eigenvalue weighted by Gasteiger charge is 2.11. The number of benzene rings is 2. The molecule has 2 rings (SSSR count). The summed E-state index contributed by atoms with van der Waals surface area (Å²) >= 11 is 0. The fraction of sp³-hybridized carbons (Fsp3) is 0.316. The number of hydrogen-bond donors (Lipinski definition) is 2. The Morgan fingerprint density at radius 1 is 1.17 bits per heavy atom. The molecule has 0 aliphatic heterocycles. The molecular weight excluding hydrogens is 305 g/mol. The van der Waals surface area contributed by atoms with Gasteiger partial charge in [0.2, 0.25) is 5.91 Å². The summed E-state index contributed by atoms with van der Waals surface area (Å²) in [5.41, 5.74) is 7.89. The first-order valence-corrected chi connectivity index (χ1v) is 8.11. The van der Waals surface area contributed by atoms with Crippen LogP contribution >= 0.6 is 0 Å². The van der Waals surface area contributed by atoms with Crippen molar-refractivity contribution in [1.29, 1.82) is 0 Å². The van der Waals surface area contributed by atoms with Crippen LogP contribution in [-0.2, 0) is 11.2 Å². The van der Waals surface area contributed by atoms with E-state index in [-0.39, 0.29) is 18.3 Å². The van der Waals surface area contributed by atoms with Crippen LogP contribution in [0.25, 0.3) is 0 Å². The lowest BCUT2D eigenvalue weighted by molar-refractivity contribution is -0.117. The molecule has 0 heterocycles. The molecule has 4 nitrogen and oxygen atoms in total. The van der Waals surface area contributed by atoms with E-state index in [2.05, 4.69) is 17.4 Å². The lowest BCUT2D eigenvalue weighted by Crippen LogP contribution is -2.38. The molecule has 0 aromatic heterocycles. The summed E-state index contributed by atoms with van der Waals surface area (Å²) in [7, 11) is 0. The van der Waals surface area contributed by atoms with Gasteiger partial charge in [-0.15, -0.1) is 0 Å². The number of aryl methyl sites for hydroxylation is 1. The topological polar surface area (TPSA) is 58.4 Å². The van der Waals surface area contributed by atoms with Gasteiger partial charge < -0.3 is 11.1 Å². The first-order chi connectivity index (χ1) is 11.6. The van der Waals surface area contributed by atoms with Gasteiger partial charge >= 0.3 is 0 Å². The molecular formula is C19H24FN3O. The average Bonchev–Trinajstić information content (AvgIpc) is 2.57. The molecule has 0 saturated carbocycles. The molecule has 1 amide bonds. The molecule has 0 radical (unpaired) electrons. The molecule has 24 heavy (non-hydrogen) atoms. The van der Waals surface area contributed by atoms with Gasteiger partial charge in [0.1, 0.15) is 5.82 Å². The second kappa shape index (κ2) is 9.15. The van der Waals surface area contributed by atoms with E-state index in [4.69, 9.17) is 5.73 Å². The van der Waals surface area contributed by atoms with Gasteiger partial charge in [0.25, 0.3) is 0 Å². The molecule has 0 unspecified atom stereocenters. The maximum atomic E-state index is 13.5. The molecule has 0 bridgehead atoms. The lowest BCUT2D eigenvalue weighted by Gasteiger charge is -2.21. The summed E-state index contributed by atoms with van der Waals surface area (Å²) < 4.78 is 13.5. The van der Waals surface area contributed by atoms with Crippen LogP contribution in [0.4, 0.5) is 10.1 Å². The summed E-state index contributed by atoms with van der Waals surface area (Å²) in [6.45, 7) is 3.80. The van der Waals surface area contributed by atoms with Crippen molar-refractivity contribution in [1.82, 2.24) is 4.90 Å². The van der Waals surface area contributed by atoms with Crippen molar-refractivity contribution in [3.63, 3.8) is 0 Å². The van der Waals surface area contributed by atoms with Crippen molar-refractivity contribution in [3.8, 4) is 0 Å². The van der Waals surface area contributed by atoms with E-state index in [0.717, 1.165) is 13.0 Å². The number of halogens is 1. The lowest BCUT2D eigenvalue weighted by atomic mass is 10.1. The van der Waals surface area contributed by atoms with Crippen LogP contribution in [0.1, 0.15) is 11.1 Å². The third kappa shape index (κ3) is 5.76. The second-order valence-electron chi connectivity index (χ2n) is 5.81. The largest absolute Gasteiger partial charge is 0.329 e. The number of amides is 1. The van der Waals surface area contributed by atoms with Crippen LogP contribution in [0, 0.1) is 12.7 Å². The third-order valence-corrected chi connectivity index (χ3v) is 3.83. The zero-order chi connectivity index (χ0) is 17.4. The van der Waals surface area contributed by atoms with Gasteiger partial charge in [0.05, 0.1) is 6.54 Å². The van der Waals surface area contributed by atoms with Crippen LogP contribution in [0.5, 0.6) is 0 Å². The van der Waals surface area contributed by atoms with E-state index in [1.54, 1.807) is 19.1 Å². The van der Waals surface area contributed by atoms with Crippen molar-refractivity contribution in [2.24, 2.45) is 5.73 Å². The Balaban J connectivity index is 1.88. The van der Waals surface area contributed by atoms with Gasteiger partial charge in [-0.2, -0.15) is 0 Å². The van der Waals surface area contributed by atoms with E-state index in [9.17, 15) is 9.18 Å². The van der Waals surface area contributed by atoms with Gasteiger partial charge in [0, 0.05) is 25.3 Å². The van der Waals surface area contributed by atoms with Crippen molar-refractivity contribution in [3.05, 3.63) is 65.5 Å². The minimum Gasteiger partial charge on any atom is -0.329 e. The molecule has 0 saturated heterocycles. The molecule has 0 atom stereocenters. The molecule has 0 spiro atoms. The van der Waals surface area contributed by atoms with Gasteiger partial charge in [-0.25, -0.2) is 4.39 Å². The Labute approximate surface area is 142 Å². The Hall–Kier alpha value is -2.24. The van der Waals surface area contributed by atoms with Crippen LogP contribution in [0.3, 0.4) is 0 Å². The van der Waals surface area contributed by atoms with E-state index >= 15 is 0 Å². The summed E-state index contributed by atoms with van der Waals surface area (Å²) in [4.78, 5) is 14.2. The Kier molecular flexibility index (Phi) is 6.90. The maximum absolute atomic E-state index is 13.5. The predicted molar refractivity (Wildman–Crippen MR) is 95.4 cm³/mol. The third-order valence-electron chi connectivity index (χ3n) is 3.83. The summed E-state index contributed by atoms with van der Waals surface area (Å²) in [6, 6.07) is 14.8. The molecule has 2 aromatic carbocycles. The summed E-state index contributed by atoms with van der Waals surface area (Å²) in [6.07, 6.45) is 0.854. The SMILES string of the molecule is Cc1ccc(NC(=O)CN(CCN)CCc2ccccc2)cc1F. The fourth-order valence-electron chi connectivity index (χ4n) is 2.46. The molecule has 5 heteroatoms. The normalized spacial score (nSPS) is 10.8. The molecule has 0 aliphatic rings. The predicted octanol–water partition coefficient (Wildman–Crippen LogP) is 2.58. The number of nitrogens with one attached hydrogen (secondary N) is 1. The van der Waals surface area contributed by atoms with Gasteiger partial charge in [-0.3, -0.25) is 9.69 Å². The zero-order valence-electron chi connectivity index (χ0n) is 14.0. The fourth-order valence-corrected chi connectivity index (χ4v) is 2.46. The van der Waals surface area contributed by atoms with Gasteiger partial charge in [-0.05, 0) is 36.6 Å². The van der Waals surface area contributed by atoms with Crippen LogP contribution < -0.4 is 11.1 Å². The quantitative estimate of drug-likeness (QED) is 0.782. The Morgan fingerprint density at radius 3 is 2.58 bits per heavy atom. The van der Waals surface area contributed by atoms with Gasteiger partial charge in [0.15, 0.2) is 0 Å². The van der Waals surface area contributed by atoms with E-state index in [1.165, 1.54) is 11.6 Å². The highest BCUT2D eigenvalue weighted by Crippen LogP contribution is 2.13. The first kappa shape index (κ1) is 18.1. The second-order valence-corrected chi connectivity index (χ2v) is 5.81. The number of carbonyl (C=O) groups excluding carboxylic acids is 1. The number of nitrogens with zero attached hydrogens (tertiary/aromatic N) is 1. The molecule has 2 aromatic rings. The highest BCUT2D eigenvalue weighted by molar-refractivity contribution is 5.92. The van der Waals surface area contributed by atoms with Crippen molar-refractivity contribution in [2.75, 3.05) is 31.5 Å². The minimum absolute atomic E-state index is 0.167. The number of anilines is 1. The highest BCUT2D eigenvalue weighted by atomic mass is 19.1. The molecule has 3 N–H and O–H groups in total. The van der Waals surface area contributed by atoms with Gasteiger partial charge in [-0.1, -0.05) is 36.4 Å². The maximum Gasteiger partial charge on any atom is 0.238 e. The van der Waals surface area contributed by atoms with E-state index in [1.807, 2.05) is 23.1 Å². The Bertz CT molecular complexity index is 661. The number of rotatable bonds is 8. The van der Waals surface area contributed by atoms with Crippen molar-refractivity contribution < 1.29 is 9.18 Å². The van der Waals surface area contributed by atoms with Crippen molar-refractivity contribution >= 4 is 11.6 Å². The Morgan fingerprint density at radius 2 is 1.92 bits per heavy atom. The smallest absolute Gasteiger partial charge is 0.238 e.